The molecule has 15 heavy (non-hydrogen) atoms. The minimum absolute atomic E-state index is 0. The Balaban J connectivity index is 0. The van der Waals surface area contributed by atoms with Crippen molar-refractivity contribution in [1.82, 2.24) is 0 Å². The Morgan fingerprint density at radius 1 is 1.27 bits per heavy atom. The molecule has 76 valence electrons. The first-order valence-electron chi connectivity index (χ1n) is 3.74. The number of allylic oxidation sites excluding steroid dienone is 1. The van der Waals surface area contributed by atoms with Crippen LogP contribution in [0.1, 0.15) is 6.99 Å². The van der Waals surface area contributed by atoms with E-state index >= 15 is 0 Å². The molecule has 0 aliphatic rings. The van der Waals surface area contributed by atoms with Crippen molar-refractivity contribution in [3.05, 3.63) is 35.9 Å². The summed E-state index contributed by atoms with van der Waals surface area (Å²) in [6.45, 7) is 0. The summed E-state index contributed by atoms with van der Waals surface area (Å²) in [5, 5.41) is 0. The summed E-state index contributed by atoms with van der Waals surface area (Å²) in [6, 6.07) is 5.85. The first-order valence-corrected chi connectivity index (χ1v) is 5.18. The van der Waals surface area contributed by atoms with Crippen molar-refractivity contribution in [1.29, 1.82) is 0 Å². The fourth-order valence-electron chi connectivity index (χ4n) is 0.996. The molecule has 0 bridgehead atoms. The largest absolute Gasteiger partial charge is 1.00 e. The average Bonchev–Trinajstić information content (AvgIpc) is 2.14. The maximum Gasteiger partial charge on any atom is 1.00 e. The van der Waals surface area contributed by atoms with Crippen LogP contribution in [-0.2, 0) is 14.9 Å². The van der Waals surface area contributed by atoms with Gasteiger partial charge in [0.2, 0.25) is 0 Å². The summed E-state index contributed by atoms with van der Waals surface area (Å²) < 4.78 is 30.5. The SMILES string of the molecule is O=C/C=C/c1ccccc1S(=O)(=O)O.[H-].[Na+]. The Hall–Kier alpha value is -0.460. The molecule has 0 radical (unpaired) electrons. The number of hydrogen-bond donors (Lipinski definition) is 1. The van der Waals surface area contributed by atoms with Crippen LogP contribution >= 0.6 is 0 Å². The van der Waals surface area contributed by atoms with Gasteiger partial charge >= 0.3 is 29.6 Å². The Bertz CT molecular complexity index is 470. The van der Waals surface area contributed by atoms with Crippen LogP contribution in [0.15, 0.2) is 35.2 Å². The van der Waals surface area contributed by atoms with Crippen molar-refractivity contribution in [2.24, 2.45) is 0 Å². The van der Waals surface area contributed by atoms with E-state index in [9.17, 15) is 13.2 Å². The second-order valence-electron chi connectivity index (χ2n) is 2.51. The first-order chi connectivity index (χ1) is 6.55. The standard InChI is InChI=1S/C9H8O4S.Na.H/c10-7-3-5-8-4-1-2-6-9(8)14(11,12)13;;/h1-7H,(H,11,12,13);;/q;+1;-1/b5-3+;;. The summed E-state index contributed by atoms with van der Waals surface area (Å²) in [6.07, 6.45) is 3.00. The topological polar surface area (TPSA) is 71.4 Å². The van der Waals surface area contributed by atoms with E-state index in [4.69, 9.17) is 4.55 Å². The molecule has 0 aliphatic carbocycles. The van der Waals surface area contributed by atoms with E-state index in [0.717, 1.165) is 6.08 Å². The molecule has 4 nitrogen and oxygen atoms in total. The van der Waals surface area contributed by atoms with E-state index in [1.54, 1.807) is 6.07 Å². The van der Waals surface area contributed by atoms with Crippen LogP contribution < -0.4 is 29.6 Å². The van der Waals surface area contributed by atoms with Gasteiger partial charge in [0, 0.05) is 0 Å². The predicted octanol–water partition coefficient (Wildman–Crippen LogP) is -1.74. The molecular weight excluding hydrogens is 227 g/mol. The Morgan fingerprint density at radius 2 is 1.87 bits per heavy atom. The number of carbonyl (C=O) groups is 1. The van der Waals surface area contributed by atoms with Crippen molar-refractivity contribution >= 4 is 22.5 Å². The molecule has 0 unspecified atom stereocenters. The van der Waals surface area contributed by atoms with E-state index in [2.05, 4.69) is 0 Å². The minimum Gasteiger partial charge on any atom is -1.00 e. The smallest absolute Gasteiger partial charge is 1.00 e. The van der Waals surface area contributed by atoms with E-state index in [1.165, 1.54) is 24.3 Å². The van der Waals surface area contributed by atoms with Crippen molar-refractivity contribution in [2.75, 3.05) is 0 Å². The van der Waals surface area contributed by atoms with E-state index in [1.807, 2.05) is 0 Å². The third kappa shape index (κ3) is 4.27. The molecule has 1 rings (SSSR count). The Labute approximate surface area is 112 Å². The van der Waals surface area contributed by atoms with Gasteiger partial charge in [-0.15, -0.1) is 0 Å². The molecule has 0 fully saturated rings. The molecule has 0 aliphatic heterocycles. The summed E-state index contributed by atoms with van der Waals surface area (Å²) >= 11 is 0. The second-order valence-corrected chi connectivity index (χ2v) is 3.90. The van der Waals surface area contributed by atoms with Gasteiger partial charge in [0.05, 0.1) is 0 Å². The third-order valence-corrected chi connectivity index (χ3v) is 2.48. The second kappa shape index (κ2) is 6.19. The van der Waals surface area contributed by atoms with Gasteiger partial charge in [0.1, 0.15) is 11.2 Å². The normalized spacial score (nSPS) is 11.0. The number of carbonyl (C=O) groups excluding carboxylic acids is 1. The van der Waals surface area contributed by atoms with Gasteiger partial charge in [-0.05, 0) is 17.7 Å². The van der Waals surface area contributed by atoms with E-state index in [0.29, 0.717) is 6.29 Å². The molecule has 6 heteroatoms. The van der Waals surface area contributed by atoms with Gasteiger partial charge < -0.3 is 1.43 Å². The zero-order chi connectivity index (χ0) is 10.6. The number of hydrogen-bond acceptors (Lipinski definition) is 3. The van der Waals surface area contributed by atoms with Crippen LogP contribution in [0.2, 0.25) is 0 Å². The Morgan fingerprint density at radius 3 is 2.40 bits per heavy atom. The molecule has 1 N–H and O–H groups in total. The number of rotatable bonds is 3. The van der Waals surface area contributed by atoms with Crippen LogP contribution in [-0.4, -0.2) is 19.3 Å². The molecular formula is C9H9NaO4S. The average molecular weight is 236 g/mol. The minimum atomic E-state index is -4.23. The summed E-state index contributed by atoms with van der Waals surface area (Å²) in [4.78, 5) is 9.83. The van der Waals surface area contributed by atoms with Crippen molar-refractivity contribution < 1.29 is 48.7 Å². The van der Waals surface area contributed by atoms with Crippen LogP contribution in [0, 0.1) is 0 Å². The number of benzene rings is 1. The fourth-order valence-corrected chi connectivity index (χ4v) is 1.68. The molecule has 0 amide bonds. The molecule has 0 saturated heterocycles. The van der Waals surface area contributed by atoms with Gasteiger partial charge in [-0.2, -0.15) is 8.42 Å². The number of aldehydes is 1. The third-order valence-electron chi connectivity index (χ3n) is 1.55. The molecule has 0 saturated carbocycles. The van der Waals surface area contributed by atoms with Crippen molar-refractivity contribution in [3.8, 4) is 0 Å². The summed E-state index contributed by atoms with van der Waals surface area (Å²) in [5.74, 6) is 0. The van der Waals surface area contributed by atoms with Crippen LogP contribution in [0.25, 0.3) is 6.08 Å². The predicted molar refractivity (Wildman–Crippen MR) is 52.5 cm³/mol. The Kier molecular flexibility index (Phi) is 6.00. The molecule has 0 spiro atoms. The van der Waals surface area contributed by atoms with Crippen LogP contribution in [0.4, 0.5) is 0 Å². The van der Waals surface area contributed by atoms with Crippen LogP contribution in [0.3, 0.4) is 0 Å². The monoisotopic (exact) mass is 236 g/mol. The molecule has 1 aromatic rings. The zero-order valence-corrected chi connectivity index (χ0v) is 10.9. The van der Waals surface area contributed by atoms with Gasteiger partial charge in [0.25, 0.3) is 10.1 Å². The first kappa shape index (κ1) is 14.5. The molecule has 0 aromatic heterocycles. The summed E-state index contributed by atoms with van der Waals surface area (Å²) in [7, 11) is -4.23. The van der Waals surface area contributed by atoms with Gasteiger partial charge in [-0.1, -0.05) is 24.3 Å². The van der Waals surface area contributed by atoms with Crippen molar-refractivity contribution in [2.45, 2.75) is 4.90 Å². The maximum atomic E-state index is 10.9. The molecule has 0 atom stereocenters. The van der Waals surface area contributed by atoms with Crippen LogP contribution in [0.5, 0.6) is 0 Å². The fraction of sp³-hybridized carbons (Fsp3) is 0. The van der Waals surface area contributed by atoms with Gasteiger partial charge in [-0.25, -0.2) is 0 Å². The summed E-state index contributed by atoms with van der Waals surface area (Å²) in [5.41, 5.74) is 0.280. The van der Waals surface area contributed by atoms with Gasteiger partial charge in [0.15, 0.2) is 0 Å². The van der Waals surface area contributed by atoms with E-state index < -0.39 is 10.1 Å². The quantitative estimate of drug-likeness (QED) is 0.293. The zero-order valence-electron chi connectivity index (χ0n) is 9.12. The molecule has 1 aromatic carbocycles. The molecule has 0 heterocycles. The maximum absolute atomic E-state index is 10.9. The van der Waals surface area contributed by atoms with Crippen molar-refractivity contribution in [3.63, 3.8) is 0 Å². The van der Waals surface area contributed by atoms with E-state index in [-0.39, 0.29) is 41.4 Å². The van der Waals surface area contributed by atoms with Gasteiger partial charge in [-0.3, -0.25) is 9.35 Å².